The lowest BCUT2D eigenvalue weighted by molar-refractivity contribution is -0.143. The van der Waals surface area contributed by atoms with Gasteiger partial charge in [-0.3, -0.25) is 9.00 Å². The zero-order valence-electron chi connectivity index (χ0n) is 9.85. The number of carbonyl (C=O) groups excluding carboxylic acids is 1. The minimum atomic E-state index is -0.929. The largest absolute Gasteiger partial charge is 0.481 e. The normalized spacial score (nSPS) is 21.9. The van der Waals surface area contributed by atoms with E-state index in [1.165, 1.54) is 4.90 Å². The maximum atomic E-state index is 11.7. The summed E-state index contributed by atoms with van der Waals surface area (Å²) in [7, 11) is -0.929. The molecule has 1 unspecified atom stereocenters. The molecule has 0 aliphatic carbocycles. The molecule has 98 valence electrons. The first kappa shape index (κ1) is 14.0. The molecule has 2 atom stereocenters. The molecule has 0 aromatic heterocycles. The molecule has 0 radical (unpaired) electrons. The number of amides is 2. The molecule has 1 rings (SSSR count). The second-order valence-corrected chi connectivity index (χ2v) is 5.69. The van der Waals surface area contributed by atoms with Crippen LogP contribution in [-0.2, 0) is 15.6 Å². The van der Waals surface area contributed by atoms with Crippen molar-refractivity contribution in [3.8, 4) is 0 Å². The average molecular weight is 262 g/mol. The Labute approximate surface area is 103 Å². The van der Waals surface area contributed by atoms with Crippen molar-refractivity contribution in [1.82, 2.24) is 10.2 Å². The molecule has 1 aliphatic rings. The Kier molecular flexibility index (Phi) is 5.40. The van der Waals surface area contributed by atoms with Gasteiger partial charge < -0.3 is 15.3 Å². The Morgan fingerprint density at radius 1 is 1.53 bits per heavy atom. The number of aliphatic carboxylic acids is 1. The standard InChI is InChI=1S/C10H18N2O4S/c1-17(16)6-4-11-10(15)12-5-2-3-8(7-12)9(13)14/h8H,2-7H2,1H3,(H,11,15)(H,13,14)/t8-,17?/m0/s1. The molecular weight excluding hydrogens is 244 g/mol. The van der Waals surface area contributed by atoms with Gasteiger partial charge in [0.25, 0.3) is 0 Å². The highest BCUT2D eigenvalue weighted by molar-refractivity contribution is 7.84. The number of hydrogen-bond acceptors (Lipinski definition) is 3. The zero-order valence-corrected chi connectivity index (χ0v) is 10.7. The minimum absolute atomic E-state index is 0.260. The van der Waals surface area contributed by atoms with Gasteiger partial charge in [0.1, 0.15) is 0 Å². The summed E-state index contributed by atoms with van der Waals surface area (Å²) in [6.45, 7) is 1.21. The molecule has 1 heterocycles. The van der Waals surface area contributed by atoms with E-state index in [0.29, 0.717) is 31.7 Å². The topological polar surface area (TPSA) is 86.7 Å². The zero-order chi connectivity index (χ0) is 12.8. The van der Waals surface area contributed by atoms with E-state index in [2.05, 4.69) is 5.32 Å². The fourth-order valence-corrected chi connectivity index (χ4v) is 2.17. The number of likely N-dealkylation sites (tertiary alicyclic amines) is 1. The molecule has 0 spiro atoms. The van der Waals surface area contributed by atoms with Crippen molar-refractivity contribution in [3.05, 3.63) is 0 Å². The number of rotatable bonds is 4. The third-order valence-corrected chi connectivity index (χ3v) is 3.50. The Balaban J connectivity index is 2.35. The predicted molar refractivity (Wildman–Crippen MR) is 64.3 cm³/mol. The SMILES string of the molecule is CS(=O)CCNC(=O)N1CCC[C@H](C(=O)O)C1. The van der Waals surface area contributed by atoms with Crippen molar-refractivity contribution in [2.75, 3.05) is 31.6 Å². The average Bonchev–Trinajstić information content (AvgIpc) is 2.28. The van der Waals surface area contributed by atoms with Crippen LogP contribution in [0.3, 0.4) is 0 Å². The summed E-state index contributed by atoms with van der Waals surface area (Å²) in [4.78, 5) is 24.0. The molecule has 0 aromatic carbocycles. The van der Waals surface area contributed by atoms with Gasteiger partial charge in [-0.05, 0) is 12.8 Å². The van der Waals surface area contributed by atoms with Gasteiger partial charge in [-0.25, -0.2) is 4.79 Å². The van der Waals surface area contributed by atoms with E-state index in [9.17, 15) is 13.8 Å². The Morgan fingerprint density at radius 3 is 2.82 bits per heavy atom. The first-order valence-electron chi connectivity index (χ1n) is 5.56. The van der Waals surface area contributed by atoms with Crippen LogP contribution in [0.25, 0.3) is 0 Å². The van der Waals surface area contributed by atoms with Crippen molar-refractivity contribution >= 4 is 22.8 Å². The van der Waals surface area contributed by atoms with Crippen LogP contribution in [0.4, 0.5) is 4.79 Å². The van der Waals surface area contributed by atoms with Gasteiger partial charge in [0.15, 0.2) is 0 Å². The Bertz CT molecular complexity index is 321. The lowest BCUT2D eigenvalue weighted by Gasteiger charge is -2.30. The number of nitrogens with zero attached hydrogens (tertiary/aromatic N) is 1. The number of carboxylic acid groups (broad SMARTS) is 1. The second kappa shape index (κ2) is 6.58. The molecule has 2 amide bonds. The van der Waals surface area contributed by atoms with E-state index >= 15 is 0 Å². The number of carboxylic acids is 1. The van der Waals surface area contributed by atoms with Crippen molar-refractivity contribution < 1.29 is 18.9 Å². The van der Waals surface area contributed by atoms with E-state index in [0.717, 1.165) is 0 Å². The quantitative estimate of drug-likeness (QED) is 0.739. The first-order valence-corrected chi connectivity index (χ1v) is 7.29. The minimum Gasteiger partial charge on any atom is -0.481 e. The summed E-state index contributed by atoms with van der Waals surface area (Å²) in [5.41, 5.74) is 0. The summed E-state index contributed by atoms with van der Waals surface area (Å²) < 4.78 is 10.8. The highest BCUT2D eigenvalue weighted by Crippen LogP contribution is 2.16. The molecule has 6 nitrogen and oxygen atoms in total. The van der Waals surface area contributed by atoms with Gasteiger partial charge in [0.2, 0.25) is 0 Å². The van der Waals surface area contributed by atoms with Crippen LogP contribution in [0.5, 0.6) is 0 Å². The second-order valence-electron chi connectivity index (χ2n) is 4.13. The number of urea groups is 1. The fraction of sp³-hybridized carbons (Fsp3) is 0.800. The monoisotopic (exact) mass is 262 g/mol. The van der Waals surface area contributed by atoms with Gasteiger partial charge in [0.05, 0.1) is 5.92 Å². The van der Waals surface area contributed by atoms with Gasteiger partial charge in [-0.15, -0.1) is 0 Å². The van der Waals surface area contributed by atoms with E-state index in [4.69, 9.17) is 5.11 Å². The molecule has 0 bridgehead atoms. The van der Waals surface area contributed by atoms with Crippen LogP contribution < -0.4 is 5.32 Å². The molecule has 1 aliphatic heterocycles. The molecule has 0 saturated carbocycles. The lowest BCUT2D eigenvalue weighted by Crippen LogP contribution is -2.47. The Hall–Kier alpha value is -1.11. The van der Waals surface area contributed by atoms with Crippen LogP contribution >= 0.6 is 0 Å². The maximum absolute atomic E-state index is 11.7. The van der Waals surface area contributed by atoms with Crippen molar-refractivity contribution in [2.45, 2.75) is 12.8 Å². The van der Waals surface area contributed by atoms with Crippen molar-refractivity contribution in [3.63, 3.8) is 0 Å². The van der Waals surface area contributed by atoms with Crippen LogP contribution in [0.1, 0.15) is 12.8 Å². The van der Waals surface area contributed by atoms with Crippen molar-refractivity contribution in [1.29, 1.82) is 0 Å². The van der Waals surface area contributed by atoms with E-state index < -0.39 is 22.7 Å². The van der Waals surface area contributed by atoms with E-state index in [-0.39, 0.29) is 12.6 Å². The molecule has 0 aromatic rings. The third kappa shape index (κ3) is 4.72. The molecular formula is C10H18N2O4S. The van der Waals surface area contributed by atoms with Crippen LogP contribution in [0, 0.1) is 5.92 Å². The number of carbonyl (C=O) groups is 2. The Morgan fingerprint density at radius 2 is 2.24 bits per heavy atom. The van der Waals surface area contributed by atoms with Crippen LogP contribution in [0.15, 0.2) is 0 Å². The summed E-state index contributed by atoms with van der Waals surface area (Å²) in [6, 6.07) is -0.263. The van der Waals surface area contributed by atoms with Gasteiger partial charge >= 0.3 is 12.0 Å². The molecule has 1 saturated heterocycles. The summed E-state index contributed by atoms with van der Waals surface area (Å²) >= 11 is 0. The maximum Gasteiger partial charge on any atom is 0.317 e. The smallest absolute Gasteiger partial charge is 0.317 e. The van der Waals surface area contributed by atoms with Crippen molar-refractivity contribution in [2.24, 2.45) is 5.92 Å². The summed E-state index contributed by atoms with van der Waals surface area (Å²) in [5, 5.41) is 11.5. The summed E-state index contributed by atoms with van der Waals surface area (Å²) in [6.07, 6.45) is 2.91. The molecule has 1 fully saturated rings. The first-order chi connectivity index (χ1) is 8.00. The summed E-state index contributed by atoms with van der Waals surface area (Å²) in [5.74, 6) is -0.894. The van der Waals surface area contributed by atoms with Gasteiger partial charge in [-0.2, -0.15) is 0 Å². The molecule has 17 heavy (non-hydrogen) atoms. The lowest BCUT2D eigenvalue weighted by atomic mass is 9.99. The van der Waals surface area contributed by atoms with Gasteiger partial charge in [0, 0.05) is 42.4 Å². The van der Waals surface area contributed by atoms with Crippen LogP contribution in [-0.4, -0.2) is 57.9 Å². The number of piperidine rings is 1. The van der Waals surface area contributed by atoms with Gasteiger partial charge in [-0.1, -0.05) is 0 Å². The molecule has 2 N–H and O–H groups in total. The highest BCUT2D eigenvalue weighted by Gasteiger charge is 2.27. The highest BCUT2D eigenvalue weighted by atomic mass is 32.2. The van der Waals surface area contributed by atoms with E-state index in [1.807, 2.05) is 0 Å². The van der Waals surface area contributed by atoms with Crippen LogP contribution in [0.2, 0.25) is 0 Å². The van der Waals surface area contributed by atoms with E-state index in [1.54, 1.807) is 6.26 Å². The third-order valence-electron chi connectivity index (χ3n) is 2.72. The number of nitrogens with one attached hydrogen (secondary N) is 1. The fourth-order valence-electron chi connectivity index (χ4n) is 1.78. The number of hydrogen-bond donors (Lipinski definition) is 2. The molecule has 7 heteroatoms. The predicted octanol–water partition coefficient (Wildman–Crippen LogP) is -0.129.